The molecule has 2 aliphatic heterocycles. The van der Waals surface area contributed by atoms with Crippen LogP contribution in [0.25, 0.3) is 0 Å². The molecule has 0 atom stereocenters. The third-order valence-electron chi connectivity index (χ3n) is 6.59. The van der Waals surface area contributed by atoms with Gasteiger partial charge in [-0.25, -0.2) is 0 Å². The van der Waals surface area contributed by atoms with E-state index in [9.17, 15) is 4.79 Å². The van der Waals surface area contributed by atoms with Crippen LogP contribution in [0.1, 0.15) is 30.4 Å². The standard InChI is InChI=1S/C25H34N4O/c26-19-22-6-8-24(9-7-22)28-12-10-21(11-13-28)18-25(30)29-16-14-27(15-17-29)20-23-4-2-1-3-5-23/h1-9,21H,10-20,26H2. The van der Waals surface area contributed by atoms with E-state index in [0.717, 1.165) is 58.7 Å². The van der Waals surface area contributed by atoms with Gasteiger partial charge >= 0.3 is 0 Å². The molecule has 5 nitrogen and oxygen atoms in total. The average molecular weight is 407 g/mol. The molecule has 0 aromatic heterocycles. The highest BCUT2D eigenvalue weighted by Crippen LogP contribution is 2.26. The minimum atomic E-state index is 0.347. The summed E-state index contributed by atoms with van der Waals surface area (Å²) in [6, 6.07) is 19.2. The lowest BCUT2D eigenvalue weighted by Crippen LogP contribution is -2.48. The summed E-state index contributed by atoms with van der Waals surface area (Å²) in [5, 5.41) is 0. The van der Waals surface area contributed by atoms with Gasteiger partial charge in [0.05, 0.1) is 0 Å². The topological polar surface area (TPSA) is 52.8 Å². The molecule has 4 rings (SSSR count). The van der Waals surface area contributed by atoms with Gasteiger partial charge in [0, 0.05) is 64.5 Å². The van der Waals surface area contributed by atoms with E-state index in [1.165, 1.54) is 16.8 Å². The second-order valence-corrected chi connectivity index (χ2v) is 8.65. The van der Waals surface area contributed by atoms with E-state index in [-0.39, 0.29) is 0 Å². The number of nitrogens with two attached hydrogens (primary N) is 1. The van der Waals surface area contributed by atoms with Crippen LogP contribution in [0.5, 0.6) is 0 Å². The molecule has 2 fully saturated rings. The lowest BCUT2D eigenvalue weighted by atomic mass is 9.92. The monoisotopic (exact) mass is 406 g/mol. The maximum absolute atomic E-state index is 12.8. The van der Waals surface area contributed by atoms with E-state index in [0.29, 0.717) is 24.8 Å². The van der Waals surface area contributed by atoms with Gasteiger partial charge in [-0.3, -0.25) is 9.69 Å². The third-order valence-corrected chi connectivity index (χ3v) is 6.59. The van der Waals surface area contributed by atoms with Crippen molar-refractivity contribution in [3.8, 4) is 0 Å². The number of carbonyl (C=O) groups is 1. The van der Waals surface area contributed by atoms with Crippen LogP contribution in [0.3, 0.4) is 0 Å². The predicted octanol–water partition coefficient (Wildman–Crippen LogP) is 3.10. The quantitative estimate of drug-likeness (QED) is 0.801. The number of rotatable bonds is 6. The Bertz CT molecular complexity index is 792. The molecular formula is C25H34N4O. The minimum absolute atomic E-state index is 0.347. The molecule has 0 unspecified atom stereocenters. The highest BCUT2D eigenvalue weighted by Gasteiger charge is 2.26. The van der Waals surface area contributed by atoms with Crippen LogP contribution in [0.2, 0.25) is 0 Å². The van der Waals surface area contributed by atoms with Crippen molar-refractivity contribution in [3.63, 3.8) is 0 Å². The van der Waals surface area contributed by atoms with Crippen molar-refractivity contribution in [1.82, 2.24) is 9.80 Å². The van der Waals surface area contributed by atoms with Gasteiger partial charge in [-0.2, -0.15) is 0 Å². The number of piperazine rings is 1. The van der Waals surface area contributed by atoms with Gasteiger partial charge in [0.1, 0.15) is 0 Å². The zero-order valence-electron chi connectivity index (χ0n) is 17.9. The molecule has 0 radical (unpaired) electrons. The van der Waals surface area contributed by atoms with Gasteiger partial charge in [-0.15, -0.1) is 0 Å². The number of anilines is 1. The van der Waals surface area contributed by atoms with Crippen LogP contribution in [-0.4, -0.2) is 55.0 Å². The van der Waals surface area contributed by atoms with Crippen molar-refractivity contribution in [2.75, 3.05) is 44.2 Å². The fourth-order valence-electron chi connectivity index (χ4n) is 4.61. The fourth-order valence-corrected chi connectivity index (χ4v) is 4.61. The molecule has 2 saturated heterocycles. The Morgan fingerprint density at radius 3 is 2.13 bits per heavy atom. The van der Waals surface area contributed by atoms with Crippen molar-refractivity contribution in [2.45, 2.75) is 32.4 Å². The van der Waals surface area contributed by atoms with E-state index in [1.54, 1.807) is 0 Å². The summed E-state index contributed by atoms with van der Waals surface area (Å²) >= 11 is 0. The smallest absolute Gasteiger partial charge is 0.222 e. The van der Waals surface area contributed by atoms with Crippen LogP contribution >= 0.6 is 0 Å². The van der Waals surface area contributed by atoms with Crippen LogP contribution in [0.4, 0.5) is 5.69 Å². The highest BCUT2D eigenvalue weighted by molar-refractivity contribution is 5.76. The molecule has 2 N–H and O–H groups in total. The molecule has 0 bridgehead atoms. The number of benzene rings is 2. The summed E-state index contributed by atoms with van der Waals surface area (Å²) in [7, 11) is 0. The van der Waals surface area contributed by atoms with Gasteiger partial charge < -0.3 is 15.5 Å². The highest BCUT2D eigenvalue weighted by atomic mass is 16.2. The maximum Gasteiger partial charge on any atom is 0.222 e. The van der Waals surface area contributed by atoms with E-state index in [2.05, 4.69) is 69.3 Å². The molecule has 160 valence electrons. The third kappa shape index (κ3) is 5.41. The Hall–Kier alpha value is -2.37. The first-order valence-electron chi connectivity index (χ1n) is 11.3. The number of hydrogen-bond acceptors (Lipinski definition) is 4. The molecule has 0 saturated carbocycles. The second-order valence-electron chi connectivity index (χ2n) is 8.65. The van der Waals surface area contributed by atoms with E-state index in [1.807, 2.05) is 0 Å². The second kappa shape index (κ2) is 10.1. The van der Waals surface area contributed by atoms with Gasteiger partial charge in [0.25, 0.3) is 0 Å². The summed E-state index contributed by atoms with van der Waals surface area (Å²) < 4.78 is 0. The Morgan fingerprint density at radius 1 is 0.833 bits per heavy atom. The van der Waals surface area contributed by atoms with E-state index in [4.69, 9.17) is 5.73 Å². The summed E-state index contributed by atoms with van der Waals surface area (Å²) in [6.07, 6.45) is 2.90. The molecule has 2 aromatic carbocycles. The first-order chi connectivity index (χ1) is 14.7. The van der Waals surface area contributed by atoms with Crippen molar-refractivity contribution in [1.29, 1.82) is 0 Å². The summed E-state index contributed by atoms with van der Waals surface area (Å²) in [6.45, 7) is 7.29. The maximum atomic E-state index is 12.8. The largest absolute Gasteiger partial charge is 0.372 e. The van der Waals surface area contributed by atoms with Crippen LogP contribution in [0.15, 0.2) is 54.6 Å². The summed E-state index contributed by atoms with van der Waals surface area (Å²) in [5.74, 6) is 0.861. The number of carbonyl (C=O) groups excluding carboxylic acids is 1. The molecule has 2 heterocycles. The Labute approximate surface area is 180 Å². The van der Waals surface area contributed by atoms with Crippen LogP contribution < -0.4 is 10.6 Å². The SMILES string of the molecule is NCc1ccc(N2CCC(CC(=O)N3CCN(Cc4ccccc4)CC3)CC2)cc1. The van der Waals surface area contributed by atoms with Gasteiger partial charge in [-0.1, -0.05) is 42.5 Å². The van der Waals surface area contributed by atoms with Crippen molar-refractivity contribution in [2.24, 2.45) is 11.7 Å². The molecule has 1 amide bonds. The molecule has 2 aliphatic rings. The number of amides is 1. The fraction of sp³-hybridized carbons (Fsp3) is 0.480. The summed E-state index contributed by atoms with van der Waals surface area (Å²) in [5.41, 5.74) is 9.48. The van der Waals surface area contributed by atoms with Gasteiger partial charge in [-0.05, 0) is 42.0 Å². The van der Waals surface area contributed by atoms with Crippen molar-refractivity contribution < 1.29 is 4.79 Å². The molecule has 0 spiro atoms. The normalized spacial score (nSPS) is 18.6. The first-order valence-corrected chi connectivity index (χ1v) is 11.3. The van der Waals surface area contributed by atoms with Crippen molar-refractivity contribution >= 4 is 11.6 Å². The molecule has 30 heavy (non-hydrogen) atoms. The molecule has 2 aromatic rings. The number of hydrogen-bond donors (Lipinski definition) is 1. The number of piperidine rings is 1. The Kier molecular flexibility index (Phi) is 7.03. The van der Waals surface area contributed by atoms with Crippen LogP contribution in [-0.2, 0) is 17.9 Å². The lowest BCUT2D eigenvalue weighted by molar-refractivity contribution is -0.134. The average Bonchev–Trinajstić information content (AvgIpc) is 2.81. The van der Waals surface area contributed by atoms with E-state index >= 15 is 0 Å². The zero-order valence-corrected chi connectivity index (χ0v) is 17.9. The molecule has 5 heteroatoms. The minimum Gasteiger partial charge on any atom is -0.372 e. The Morgan fingerprint density at radius 2 is 1.50 bits per heavy atom. The molecule has 0 aliphatic carbocycles. The van der Waals surface area contributed by atoms with E-state index < -0.39 is 0 Å². The van der Waals surface area contributed by atoms with Gasteiger partial charge in [0.2, 0.25) is 5.91 Å². The summed E-state index contributed by atoms with van der Waals surface area (Å²) in [4.78, 5) is 19.8. The van der Waals surface area contributed by atoms with Crippen molar-refractivity contribution in [3.05, 3.63) is 65.7 Å². The predicted molar refractivity (Wildman–Crippen MR) is 122 cm³/mol. The zero-order chi connectivity index (χ0) is 20.8. The van der Waals surface area contributed by atoms with Gasteiger partial charge in [0.15, 0.2) is 0 Å². The first kappa shape index (κ1) is 20.9. The number of nitrogens with zero attached hydrogens (tertiary/aromatic N) is 3. The molecular weight excluding hydrogens is 372 g/mol. The lowest BCUT2D eigenvalue weighted by Gasteiger charge is -2.37. The van der Waals surface area contributed by atoms with Crippen LogP contribution in [0, 0.1) is 5.92 Å². The Balaban J connectivity index is 1.19.